The van der Waals surface area contributed by atoms with Crippen molar-refractivity contribution in [2.75, 3.05) is 0 Å². The Morgan fingerprint density at radius 3 is 1.36 bits per heavy atom. The van der Waals surface area contributed by atoms with E-state index in [9.17, 15) is 0 Å². The zero-order valence-corrected chi connectivity index (χ0v) is 30.4. The molecular formula is C53H33N3. The number of nitrogens with zero attached hydrogens (tertiary/aromatic N) is 3. The molecule has 0 aliphatic carbocycles. The van der Waals surface area contributed by atoms with E-state index in [0.717, 1.165) is 61.4 Å². The third-order valence-corrected chi connectivity index (χ3v) is 11.0. The lowest BCUT2D eigenvalue weighted by Crippen LogP contribution is -1.96. The summed E-state index contributed by atoms with van der Waals surface area (Å²) in [7, 11) is 0. The Hall–Kier alpha value is -7.49. The second kappa shape index (κ2) is 13.1. The van der Waals surface area contributed by atoms with Crippen molar-refractivity contribution >= 4 is 54.0 Å². The molecule has 0 bridgehead atoms. The molecule has 3 nitrogen and oxygen atoms in total. The van der Waals surface area contributed by atoms with Crippen molar-refractivity contribution in [3.05, 3.63) is 200 Å². The van der Waals surface area contributed by atoms with Gasteiger partial charge in [0.2, 0.25) is 0 Å². The molecule has 0 fully saturated rings. The van der Waals surface area contributed by atoms with E-state index in [-0.39, 0.29) is 0 Å². The van der Waals surface area contributed by atoms with Gasteiger partial charge in [0.25, 0.3) is 0 Å². The van der Waals surface area contributed by atoms with E-state index in [2.05, 4.69) is 200 Å². The molecule has 260 valence electrons. The topological polar surface area (TPSA) is 38.7 Å². The summed E-state index contributed by atoms with van der Waals surface area (Å²) >= 11 is 0. The standard InChI is InChI=1S/C53H33N3/c1-3-12-41-31-43(27-21-34(41)9-1)49-33-50(44-28-22-35-10-2-4-13-42(35)32-44)56-53(55-49)40-25-19-37(20-26-40)36-17-23-39(24-18-36)52-47-30-29-38-11-5-6-14-45(38)51(47)46-15-7-8-16-48(46)54-52/h1-33H. The highest BCUT2D eigenvalue weighted by Gasteiger charge is 2.15. The van der Waals surface area contributed by atoms with Crippen molar-refractivity contribution in [1.29, 1.82) is 0 Å². The summed E-state index contributed by atoms with van der Waals surface area (Å²) < 4.78 is 0. The Morgan fingerprint density at radius 2 is 0.732 bits per heavy atom. The number of benzene rings is 9. The minimum atomic E-state index is 0.697. The first-order chi connectivity index (χ1) is 27.7. The molecule has 3 heteroatoms. The molecule has 0 saturated carbocycles. The van der Waals surface area contributed by atoms with Crippen molar-refractivity contribution in [1.82, 2.24) is 15.0 Å². The van der Waals surface area contributed by atoms with Crippen LogP contribution in [0.5, 0.6) is 0 Å². The average Bonchev–Trinajstić information content (AvgIpc) is 3.28. The van der Waals surface area contributed by atoms with Gasteiger partial charge in [0.05, 0.1) is 22.6 Å². The van der Waals surface area contributed by atoms with Crippen LogP contribution in [0, 0.1) is 0 Å². The van der Waals surface area contributed by atoms with Crippen LogP contribution < -0.4 is 0 Å². The number of hydrogen-bond donors (Lipinski definition) is 0. The summed E-state index contributed by atoms with van der Waals surface area (Å²) in [6.07, 6.45) is 0. The van der Waals surface area contributed by atoms with Gasteiger partial charge in [-0.15, -0.1) is 0 Å². The lowest BCUT2D eigenvalue weighted by Gasteiger charge is -2.13. The van der Waals surface area contributed by atoms with Gasteiger partial charge in [-0.3, -0.25) is 0 Å². The summed E-state index contributed by atoms with van der Waals surface area (Å²) in [5.74, 6) is 0.697. The molecule has 0 radical (unpaired) electrons. The van der Waals surface area contributed by atoms with Crippen LogP contribution in [0.15, 0.2) is 200 Å². The van der Waals surface area contributed by atoms with E-state index < -0.39 is 0 Å². The number of para-hydroxylation sites is 1. The Kier molecular flexibility index (Phi) is 7.49. The summed E-state index contributed by atoms with van der Waals surface area (Å²) in [6, 6.07) is 71.0. The summed E-state index contributed by atoms with van der Waals surface area (Å²) in [5, 5.41) is 10.9. The Morgan fingerprint density at radius 1 is 0.268 bits per heavy atom. The number of rotatable bonds is 5. The van der Waals surface area contributed by atoms with Crippen LogP contribution in [0.1, 0.15) is 0 Å². The normalized spacial score (nSPS) is 11.6. The van der Waals surface area contributed by atoms with Crippen LogP contribution in [-0.4, -0.2) is 15.0 Å². The smallest absolute Gasteiger partial charge is 0.160 e. The highest BCUT2D eigenvalue weighted by atomic mass is 14.9. The van der Waals surface area contributed by atoms with Crippen LogP contribution in [0.3, 0.4) is 0 Å². The van der Waals surface area contributed by atoms with Crippen LogP contribution >= 0.6 is 0 Å². The third kappa shape index (κ3) is 5.57. The van der Waals surface area contributed by atoms with Crippen molar-refractivity contribution in [2.45, 2.75) is 0 Å². The van der Waals surface area contributed by atoms with Gasteiger partial charge < -0.3 is 0 Å². The highest BCUT2D eigenvalue weighted by Crippen LogP contribution is 2.38. The zero-order chi connectivity index (χ0) is 37.0. The van der Waals surface area contributed by atoms with Gasteiger partial charge in [0, 0.05) is 38.4 Å². The molecule has 11 aromatic rings. The van der Waals surface area contributed by atoms with E-state index in [1.54, 1.807) is 0 Å². The molecule has 2 aromatic heterocycles. The molecule has 0 saturated heterocycles. The average molecular weight is 712 g/mol. The third-order valence-electron chi connectivity index (χ3n) is 11.0. The van der Waals surface area contributed by atoms with Crippen LogP contribution in [0.4, 0.5) is 0 Å². The molecule has 9 aromatic carbocycles. The van der Waals surface area contributed by atoms with Gasteiger partial charge in [-0.25, -0.2) is 15.0 Å². The van der Waals surface area contributed by atoms with Crippen LogP contribution in [0.2, 0.25) is 0 Å². The molecule has 0 aliphatic heterocycles. The second-order valence-corrected chi connectivity index (χ2v) is 14.4. The van der Waals surface area contributed by atoms with Crippen molar-refractivity contribution < 1.29 is 0 Å². The van der Waals surface area contributed by atoms with Gasteiger partial charge in [-0.1, -0.05) is 176 Å². The summed E-state index contributed by atoms with van der Waals surface area (Å²) in [5.41, 5.74) is 10.2. The molecule has 2 heterocycles. The Bertz CT molecular complexity index is 3180. The highest BCUT2D eigenvalue weighted by molar-refractivity contribution is 6.22. The number of hydrogen-bond acceptors (Lipinski definition) is 3. The molecule has 0 spiro atoms. The van der Waals surface area contributed by atoms with E-state index in [0.29, 0.717) is 5.82 Å². The predicted molar refractivity (Wildman–Crippen MR) is 235 cm³/mol. The number of pyridine rings is 1. The van der Waals surface area contributed by atoms with Gasteiger partial charge in [-0.05, 0) is 67.7 Å². The minimum absolute atomic E-state index is 0.697. The van der Waals surface area contributed by atoms with Crippen LogP contribution in [0.25, 0.3) is 110 Å². The second-order valence-electron chi connectivity index (χ2n) is 14.4. The first kappa shape index (κ1) is 32.0. The molecule has 56 heavy (non-hydrogen) atoms. The fourth-order valence-electron chi connectivity index (χ4n) is 8.14. The zero-order valence-electron chi connectivity index (χ0n) is 30.4. The number of aromatic nitrogens is 3. The Labute approximate surface area is 324 Å². The molecular weight excluding hydrogens is 679 g/mol. The van der Waals surface area contributed by atoms with E-state index in [1.807, 2.05) is 0 Å². The molecule has 0 unspecified atom stereocenters. The monoisotopic (exact) mass is 711 g/mol. The fraction of sp³-hybridized carbons (Fsp3) is 0. The van der Waals surface area contributed by atoms with Gasteiger partial charge in [0.1, 0.15) is 0 Å². The predicted octanol–water partition coefficient (Wildman–Crippen LogP) is 14.0. The summed E-state index contributed by atoms with van der Waals surface area (Å²) in [6.45, 7) is 0. The van der Waals surface area contributed by atoms with E-state index >= 15 is 0 Å². The maximum absolute atomic E-state index is 5.20. The largest absolute Gasteiger partial charge is 0.247 e. The maximum atomic E-state index is 5.20. The quantitative estimate of drug-likeness (QED) is 0.167. The summed E-state index contributed by atoms with van der Waals surface area (Å²) in [4.78, 5) is 15.5. The van der Waals surface area contributed by atoms with Crippen molar-refractivity contribution in [3.8, 4) is 56.3 Å². The Balaban J connectivity index is 0.969. The first-order valence-corrected chi connectivity index (χ1v) is 19.0. The lowest BCUT2D eigenvalue weighted by atomic mass is 9.94. The minimum Gasteiger partial charge on any atom is -0.247 e. The van der Waals surface area contributed by atoms with Crippen molar-refractivity contribution in [3.63, 3.8) is 0 Å². The molecule has 11 rings (SSSR count). The van der Waals surface area contributed by atoms with Crippen molar-refractivity contribution in [2.24, 2.45) is 0 Å². The first-order valence-electron chi connectivity index (χ1n) is 19.0. The fourth-order valence-corrected chi connectivity index (χ4v) is 8.14. The van der Waals surface area contributed by atoms with Gasteiger partial charge >= 0.3 is 0 Å². The van der Waals surface area contributed by atoms with Crippen LogP contribution in [-0.2, 0) is 0 Å². The molecule has 0 aliphatic rings. The van der Waals surface area contributed by atoms with Gasteiger partial charge in [0.15, 0.2) is 5.82 Å². The van der Waals surface area contributed by atoms with E-state index in [1.165, 1.54) is 43.1 Å². The SMILES string of the molecule is c1ccc2cc(-c3cc(-c4ccc5ccccc5c4)nc(-c4ccc(-c5ccc(-c6nc7ccccc7c7c6ccc6ccccc67)cc5)cc4)n3)ccc2c1. The molecule has 0 amide bonds. The van der Waals surface area contributed by atoms with Gasteiger partial charge in [-0.2, -0.15) is 0 Å². The molecule has 0 N–H and O–H groups in total. The molecule has 0 atom stereocenters. The van der Waals surface area contributed by atoms with E-state index in [4.69, 9.17) is 15.0 Å². The maximum Gasteiger partial charge on any atom is 0.160 e. The number of fused-ring (bicyclic) bond motifs is 7. The lowest BCUT2D eigenvalue weighted by molar-refractivity contribution is 1.18.